The van der Waals surface area contributed by atoms with Gasteiger partial charge in [-0.1, -0.05) is 18.2 Å². The first-order chi connectivity index (χ1) is 17.0. The van der Waals surface area contributed by atoms with Crippen LogP contribution in [0, 0.1) is 12.7 Å². The van der Waals surface area contributed by atoms with Crippen LogP contribution in [0.3, 0.4) is 0 Å². The van der Waals surface area contributed by atoms with Gasteiger partial charge in [0.05, 0.1) is 17.7 Å². The number of halogens is 1. The van der Waals surface area contributed by atoms with Crippen LogP contribution < -0.4 is 10.2 Å². The summed E-state index contributed by atoms with van der Waals surface area (Å²) in [6.45, 7) is 4.04. The number of hydrogen-bond donors (Lipinski definition) is 1. The van der Waals surface area contributed by atoms with Gasteiger partial charge in [0, 0.05) is 30.7 Å². The second-order valence-corrected chi connectivity index (χ2v) is 9.35. The van der Waals surface area contributed by atoms with E-state index in [0.717, 1.165) is 23.9 Å². The fourth-order valence-electron chi connectivity index (χ4n) is 4.11. The monoisotopic (exact) mass is 491 g/mol. The van der Waals surface area contributed by atoms with Crippen molar-refractivity contribution in [1.82, 2.24) is 30.0 Å². The van der Waals surface area contributed by atoms with Gasteiger partial charge in [-0.2, -0.15) is 0 Å². The molecule has 0 spiro atoms. The van der Waals surface area contributed by atoms with Crippen molar-refractivity contribution >= 4 is 34.6 Å². The Bertz CT molecular complexity index is 1360. The van der Waals surface area contributed by atoms with Crippen LogP contribution in [0.4, 0.5) is 15.0 Å². The fourth-order valence-corrected chi connectivity index (χ4v) is 4.51. The molecule has 3 heterocycles. The number of nitrogens with zero attached hydrogens (tertiary/aromatic N) is 6. The van der Waals surface area contributed by atoms with Crippen molar-refractivity contribution in [3.05, 3.63) is 71.9 Å². The zero-order chi connectivity index (χ0) is 24.4. The number of carbonyl (C=O) groups is 1. The number of nitrogens with one attached hydrogen (secondary N) is 1. The van der Waals surface area contributed by atoms with Crippen molar-refractivity contribution in [1.29, 1.82) is 0 Å². The molecule has 0 unspecified atom stereocenters. The van der Waals surface area contributed by atoms with Crippen molar-refractivity contribution in [2.75, 3.05) is 30.9 Å². The molecule has 10 heteroatoms. The first-order valence-corrected chi connectivity index (χ1v) is 12.6. The van der Waals surface area contributed by atoms with Crippen LogP contribution in [0.5, 0.6) is 0 Å². The molecule has 0 radical (unpaired) electrons. The van der Waals surface area contributed by atoms with E-state index >= 15 is 0 Å². The molecule has 0 aliphatic carbocycles. The fraction of sp³-hybridized carbons (Fsp3) is 0.280. The molecular formula is C25H26FN7OS. The number of carbonyl (C=O) groups excluding carboxylic acids is 1. The molecular weight excluding hydrogens is 465 g/mol. The van der Waals surface area contributed by atoms with Crippen LogP contribution in [-0.2, 0) is 6.54 Å². The molecule has 1 aliphatic heterocycles. The molecule has 180 valence electrons. The molecule has 1 aliphatic rings. The number of hydrogen-bond acceptors (Lipinski definition) is 6. The van der Waals surface area contributed by atoms with Gasteiger partial charge < -0.3 is 15.1 Å². The molecule has 4 aromatic rings. The predicted octanol–water partition coefficient (Wildman–Crippen LogP) is 4.36. The van der Waals surface area contributed by atoms with Crippen molar-refractivity contribution in [3.63, 3.8) is 0 Å². The number of urea groups is 1. The van der Waals surface area contributed by atoms with Crippen LogP contribution in [0.2, 0.25) is 0 Å². The lowest BCUT2D eigenvalue weighted by Crippen LogP contribution is -2.51. The number of fused-ring (bicyclic) bond motifs is 1. The summed E-state index contributed by atoms with van der Waals surface area (Å²) in [6.07, 6.45) is 6.14. The summed E-state index contributed by atoms with van der Waals surface area (Å²) in [7, 11) is 0. The van der Waals surface area contributed by atoms with Gasteiger partial charge in [-0.05, 0) is 55.0 Å². The van der Waals surface area contributed by atoms with Crippen LogP contribution >= 0.6 is 11.8 Å². The molecule has 8 nitrogen and oxygen atoms in total. The molecule has 1 N–H and O–H groups in total. The third-order valence-electron chi connectivity index (χ3n) is 6.10. The van der Waals surface area contributed by atoms with Crippen LogP contribution in [0.25, 0.3) is 16.7 Å². The maximum atomic E-state index is 14.1. The SMILES string of the molecule is CSc1ccc(CNC(=O)N2CCCN(c3ncnc4nn(-c5ccc(C)c(F)c5)cc34)C2)cc1. The maximum absolute atomic E-state index is 14.1. The first-order valence-electron chi connectivity index (χ1n) is 11.4. The average Bonchev–Trinajstić information content (AvgIpc) is 3.34. The van der Waals surface area contributed by atoms with E-state index in [-0.39, 0.29) is 11.8 Å². The molecule has 35 heavy (non-hydrogen) atoms. The van der Waals surface area contributed by atoms with Gasteiger partial charge in [-0.25, -0.2) is 23.8 Å². The standard InChI is InChI=1S/C25H26FN7OS/c1-17-4-7-19(12-22(17)26)33-14-21-23(30-33)28-15-29-24(21)31-10-3-11-32(16-31)25(34)27-13-18-5-8-20(35-2)9-6-18/h4-9,12,14-15H,3,10-11,13,16H2,1-2H3,(H,27,34). The van der Waals surface area contributed by atoms with Gasteiger partial charge in [0.15, 0.2) is 5.65 Å². The number of amides is 2. The Morgan fingerprint density at radius 3 is 2.74 bits per heavy atom. The van der Waals surface area contributed by atoms with Crippen molar-refractivity contribution in [3.8, 4) is 5.69 Å². The lowest BCUT2D eigenvalue weighted by atomic mass is 10.2. The van der Waals surface area contributed by atoms with Crippen LogP contribution in [0.15, 0.2) is 59.9 Å². The van der Waals surface area contributed by atoms with Gasteiger partial charge in [-0.3, -0.25) is 0 Å². The molecule has 0 bridgehead atoms. The topological polar surface area (TPSA) is 79.2 Å². The van der Waals surface area contributed by atoms with E-state index in [1.165, 1.54) is 17.3 Å². The minimum Gasteiger partial charge on any atom is -0.338 e. The summed E-state index contributed by atoms with van der Waals surface area (Å²) >= 11 is 1.69. The Kier molecular flexibility index (Phi) is 6.54. The van der Waals surface area contributed by atoms with Gasteiger partial charge in [-0.15, -0.1) is 16.9 Å². The van der Waals surface area contributed by atoms with Gasteiger partial charge in [0.1, 0.15) is 18.0 Å². The third kappa shape index (κ3) is 4.93. The summed E-state index contributed by atoms with van der Waals surface area (Å²) in [5.41, 5.74) is 2.77. The number of aromatic nitrogens is 4. The lowest BCUT2D eigenvalue weighted by molar-refractivity contribution is 0.189. The highest BCUT2D eigenvalue weighted by Gasteiger charge is 2.25. The summed E-state index contributed by atoms with van der Waals surface area (Å²) < 4.78 is 15.7. The molecule has 2 aromatic carbocycles. The van der Waals surface area contributed by atoms with Crippen molar-refractivity contribution < 1.29 is 9.18 Å². The Morgan fingerprint density at radius 1 is 1.14 bits per heavy atom. The molecule has 1 saturated heterocycles. The molecule has 0 saturated carbocycles. The minimum absolute atomic E-state index is 0.111. The molecule has 2 amide bonds. The molecule has 2 aromatic heterocycles. The largest absolute Gasteiger partial charge is 0.338 e. The minimum atomic E-state index is -0.286. The number of rotatable bonds is 5. The van der Waals surface area contributed by atoms with Gasteiger partial charge in [0.2, 0.25) is 0 Å². The van der Waals surface area contributed by atoms with E-state index in [2.05, 4.69) is 37.4 Å². The molecule has 0 atom stereocenters. The van der Waals surface area contributed by atoms with E-state index < -0.39 is 0 Å². The quantitative estimate of drug-likeness (QED) is 0.418. The van der Waals surface area contributed by atoms with Crippen LogP contribution in [0.1, 0.15) is 17.5 Å². The number of benzene rings is 2. The highest BCUT2D eigenvalue weighted by atomic mass is 32.2. The summed E-state index contributed by atoms with van der Waals surface area (Å²) in [5.74, 6) is 0.422. The zero-order valence-corrected chi connectivity index (χ0v) is 20.4. The second-order valence-electron chi connectivity index (χ2n) is 8.47. The van der Waals surface area contributed by atoms with Crippen molar-refractivity contribution in [2.24, 2.45) is 0 Å². The Labute approximate surface area is 207 Å². The number of anilines is 1. The maximum Gasteiger partial charge on any atom is 0.319 e. The van der Waals surface area contributed by atoms with Crippen LogP contribution in [-0.4, -0.2) is 56.7 Å². The third-order valence-corrected chi connectivity index (χ3v) is 6.85. The van der Waals surface area contributed by atoms with E-state index in [0.29, 0.717) is 42.5 Å². The highest BCUT2D eigenvalue weighted by molar-refractivity contribution is 7.98. The molecule has 1 fully saturated rings. The average molecular weight is 492 g/mol. The van der Waals surface area contributed by atoms with Crippen molar-refractivity contribution in [2.45, 2.75) is 24.8 Å². The van der Waals surface area contributed by atoms with E-state index in [9.17, 15) is 9.18 Å². The highest BCUT2D eigenvalue weighted by Crippen LogP contribution is 2.26. The number of aryl methyl sites for hydroxylation is 1. The Balaban J connectivity index is 1.31. The molecule has 5 rings (SSSR count). The lowest BCUT2D eigenvalue weighted by Gasteiger charge is -2.36. The number of thioether (sulfide) groups is 1. The van der Waals surface area contributed by atoms with Gasteiger partial charge >= 0.3 is 6.03 Å². The Morgan fingerprint density at radius 2 is 1.97 bits per heavy atom. The van der Waals surface area contributed by atoms with Gasteiger partial charge in [0.25, 0.3) is 0 Å². The normalized spacial score (nSPS) is 13.9. The predicted molar refractivity (Wildman–Crippen MR) is 135 cm³/mol. The first kappa shape index (κ1) is 23.1. The smallest absolute Gasteiger partial charge is 0.319 e. The van der Waals surface area contributed by atoms with E-state index in [4.69, 9.17) is 0 Å². The van der Waals surface area contributed by atoms with E-state index in [1.54, 1.807) is 34.3 Å². The summed E-state index contributed by atoms with van der Waals surface area (Å²) in [5, 5.41) is 8.29. The Hall–Kier alpha value is -3.66. The second kappa shape index (κ2) is 9.91. The summed E-state index contributed by atoms with van der Waals surface area (Å²) in [4.78, 5) is 26.7. The summed E-state index contributed by atoms with van der Waals surface area (Å²) in [6, 6.07) is 13.1. The zero-order valence-electron chi connectivity index (χ0n) is 19.6. The van der Waals surface area contributed by atoms with E-state index in [1.807, 2.05) is 30.7 Å².